The second-order valence-corrected chi connectivity index (χ2v) is 6.85. The quantitative estimate of drug-likeness (QED) is 0.818. The molecule has 2 saturated carbocycles. The molecule has 0 aromatic heterocycles. The molecule has 0 radical (unpaired) electrons. The zero-order valence-electron chi connectivity index (χ0n) is 11.3. The molecule has 0 unspecified atom stereocenters. The molecule has 0 saturated heterocycles. The Morgan fingerprint density at radius 2 is 2.16 bits per heavy atom. The van der Waals surface area contributed by atoms with Crippen LogP contribution in [0.25, 0.3) is 0 Å². The van der Waals surface area contributed by atoms with Crippen LogP contribution in [0.5, 0.6) is 0 Å². The van der Waals surface area contributed by atoms with E-state index in [1.165, 1.54) is 37.7 Å². The first-order valence-corrected chi connectivity index (χ1v) is 8.17. The van der Waals surface area contributed by atoms with E-state index >= 15 is 0 Å². The lowest BCUT2D eigenvalue weighted by Gasteiger charge is -2.42. The van der Waals surface area contributed by atoms with Gasteiger partial charge in [-0.15, -0.1) is 0 Å². The fourth-order valence-corrected chi connectivity index (χ4v) is 3.14. The monoisotopic (exact) mass is 323 g/mol. The average Bonchev–Trinajstić information content (AvgIpc) is 3.15. The highest BCUT2D eigenvalue weighted by Gasteiger charge is 2.37. The van der Waals surface area contributed by atoms with Gasteiger partial charge in [0.05, 0.1) is 12.2 Å². The highest BCUT2D eigenvalue weighted by Crippen LogP contribution is 2.39. The Kier molecular flexibility index (Phi) is 4.25. The van der Waals surface area contributed by atoms with Crippen LogP contribution in [0.4, 0.5) is 0 Å². The fraction of sp³-hybridized carbons (Fsp3) is 0.625. The van der Waals surface area contributed by atoms with Crippen LogP contribution in [0.15, 0.2) is 28.7 Å². The van der Waals surface area contributed by atoms with Gasteiger partial charge in [-0.3, -0.25) is 0 Å². The summed E-state index contributed by atoms with van der Waals surface area (Å²) in [6.45, 7) is 1.85. The number of hydrogen-bond acceptors (Lipinski definition) is 2. The van der Waals surface area contributed by atoms with E-state index in [1.54, 1.807) is 0 Å². The number of hydrogen-bond donors (Lipinski definition) is 1. The third-order valence-corrected chi connectivity index (χ3v) is 4.78. The maximum absolute atomic E-state index is 6.25. The Morgan fingerprint density at radius 3 is 2.79 bits per heavy atom. The first-order chi connectivity index (χ1) is 9.26. The second-order valence-electron chi connectivity index (χ2n) is 5.93. The number of halogens is 1. The van der Waals surface area contributed by atoms with Gasteiger partial charge in [0.1, 0.15) is 0 Å². The lowest BCUT2D eigenvalue weighted by Crippen LogP contribution is -2.42. The van der Waals surface area contributed by atoms with Crippen LogP contribution in [0, 0.1) is 0 Å². The second kappa shape index (κ2) is 5.94. The summed E-state index contributed by atoms with van der Waals surface area (Å²) in [6, 6.07) is 9.23. The van der Waals surface area contributed by atoms with Crippen molar-refractivity contribution in [2.45, 2.75) is 56.8 Å². The molecule has 0 spiro atoms. The van der Waals surface area contributed by atoms with E-state index in [-0.39, 0.29) is 5.60 Å². The molecule has 0 heterocycles. The van der Waals surface area contributed by atoms with E-state index in [0.717, 1.165) is 30.1 Å². The molecular formula is C16H22BrNO. The number of benzene rings is 1. The van der Waals surface area contributed by atoms with Crippen molar-refractivity contribution in [1.82, 2.24) is 5.32 Å². The lowest BCUT2D eigenvalue weighted by molar-refractivity contribution is -0.114. The molecule has 0 atom stereocenters. The van der Waals surface area contributed by atoms with Crippen molar-refractivity contribution in [3.05, 3.63) is 34.3 Å². The molecule has 1 aromatic rings. The maximum Gasteiger partial charge on any atom is 0.0724 e. The van der Waals surface area contributed by atoms with Gasteiger partial charge in [0.25, 0.3) is 0 Å². The van der Waals surface area contributed by atoms with Crippen molar-refractivity contribution in [2.75, 3.05) is 6.54 Å². The molecule has 1 N–H and O–H groups in total. The zero-order valence-corrected chi connectivity index (χ0v) is 12.9. The third kappa shape index (κ3) is 3.80. The predicted molar refractivity (Wildman–Crippen MR) is 81.2 cm³/mol. The number of nitrogens with one attached hydrogen (secondary N) is 1. The Balaban J connectivity index is 1.48. The maximum atomic E-state index is 6.25. The summed E-state index contributed by atoms with van der Waals surface area (Å²) in [6.07, 6.45) is 7.68. The van der Waals surface area contributed by atoms with Crippen molar-refractivity contribution < 1.29 is 4.74 Å². The minimum Gasteiger partial charge on any atom is -0.370 e. The smallest absolute Gasteiger partial charge is 0.0724 e. The van der Waals surface area contributed by atoms with E-state index < -0.39 is 0 Å². The number of rotatable bonds is 7. The summed E-state index contributed by atoms with van der Waals surface area (Å²) in [5, 5.41) is 3.60. The van der Waals surface area contributed by atoms with Crippen LogP contribution in [0.2, 0.25) is 0 Å². The van der Waals surface area contributed by atoms with Crippen LogP contribution in [0.3, 0.4) is 0 Å². The molecule has 19 heavy (non-hydrogen) atoms. The first-order valence-electron chi connectivity index (χ1n) is 7.38. The van der Waals surface area contributed by atoms with Crippen LogP contribution in [-0.2, 0) is 11.3 Å². The van der Waals surface area contributed by atoms with E-state index in [4.69, 9.17) is 4.74 Å². The Labute approximate surface area is 124 Å². The van der Waals surface area contributed by atoms with Gasteiger partial charge in [-0.25, -0.2) is 0 Å². The topological polar surface area (TPSA) is 21.3 Å². The van der Waals surface area contributed by atoms with Crippen molar-refractivity contribution in [1.29, 1.82) is 0 Å². The van der Waals surface area contributed by atoms with Crippen molar-refractivity contribution >= 4 is 15.9 Å². The minimum absolute atomic E-state index is 0.157. The van der Waals surface area contributed by atoms with Crippen molar-refractivity contribution in [3.63, 3.8) is 0 Å². The van der Waals surface area contributed by atoms with Gasteiger partial charge in [-0.1, -0.05) is 28.1 Å². The molecule has 3 heteroatoms. The number of ether oxygens (including phenoxy) is 1. The summed E-state index contributed by atoms with van der Waals surface area (Å²) < 4.78 is 7.38. The van der Waals surface area contributed by atoms with E-state index in [2.05, 4.69) is 45.5 Å². The molecule has 3 rings (SSSR count). The zero-order chi connectivity index (χ0) is 13.1. The average molecular weight is 324 g/mol. The van der Waals surface area contributed by atoms with Crippen LogP contribution in [-0.4, -0.2) is 18.2 Å². The largest absolute Gasteiger partial charge is 0.370 e. The van der Waals surface area contributed by atoms with Crippen molar-refractivity contribution in [2.24, 2.45) is 0 Å². The van der Waals surface area contributed by atoms with Crippen LogP contribution < -0.4 is 5.32 Å². The van der Waals surface area contributed by atoms with Gasteiger partial charge in [-0.2, -0.15) is 0 Å². The standard InChI is InChI=1S/C16H22BrNO/c17-14-4-1-3-13(11-14)12-19-16(7-2-8-16)9-10-18-15-5-6-15/h1,3-4,11,15,18H,2,5-10,12H2. The van der Waals surface area contributed by atoms with E-state index in [9.17, 15) is 0 Å². The summed E-state index contributed by atoms with van der Waals surface area (Å²) in [5.74, 6) is 0. The molecule has 2 nitrogen and oxygen atoms in total. The molecule has 2 aliphatic carbocycles. The minimum atomic E-state index is 0.157. The molecular weight excluding hydrogens is 302 g/mol. The van der Waals surface area contributed by atoms with Gasteiger partial charge in [0.2, 0.25) is 0 Å². The van der Waals surface area contributed by atoms with Crippen LogP contribution >= 0.6 is 15.9 Å². The van der Waals surface area contributed by atoms with Gasteiger partial charge < -0.3 is 10.1 Å². The summed E-state index contributed by atoms with van der Waals surface area (Å²) >= 11 is 3.51. The van der Waals surface area contributed by atoms with Gasteiger partial charge in [0, 0.05) is 10.5 Å². The predicted octanol–water partition coefficient (Wildman–Crippen LogP) is 4.03. The molecule has 0 bridgehead atoms. The van der Waals surface area contributed by atoms with E-state index in [1.807, 2.05) is 0 Å². The third-order valence-electron chi connectivity index (χ3n) is 4.29. The molecule has 104 valence electrons. The molecule has 2 fully saturated rings. The van der Waals surface area contributed by atoms with Gasteiger partial charge in [0.15, 0.2) is 0 Å². The summed E-state index contributed by atoms with van der Waals surface area (Å²) in [4.78, 5) is 0. The van der Waals surface area contributed by atoms with Gasteiger partial charge in [-0.05, 0) is 62.8 Å². The van der Waals surface area contributed by atoms with Crippen LogP contribution in [0.1, 0.15) is 44.1 Å². The van der Waals surface area contributed by atoms with Gasteiger partial charge >= 0.3 is 0 Å². The van der Waals surface area contributed by atoms with Crippen molar-refractivity contribution in [3.8, 4) is 0 Å². The van der Waals surface area contributed by atoms with E-state index in [0.29, 0.717) is 0 Å². The highest BCUT2D eigenvalue weighted by molar-refractivity contribution is 9.10. The first kappa shape index (κ1) is 13.6. The molecule has 0 aliphatic heterocycles. The summed E-state index contributed by atoms with van der Waals surface area (Å²) in [5.41, 5.74) is 1.42. The molecule has 2 aliphatic rings. The molecule has 1 aromatic carbocycles. The Bertz CT molecular complexity index is 427. The Morgan fingerprint density at radius 1 is 1.32 bits per heavy atom. The summed E-state index contributed by atoms with van der Waals surface area (Å²) in [7, 11) is 0. The SMILES string of the molecule is Brc1cccc(COC2(CCNC3CC3)CCC2)c1. The lowest BCUT2D eigenvalue weighted by atomic mass is 9.77. The molecule has 0 amide bonds. The fourth-order valence-electron chi connectivity index (χ4n) is 2.69. The normalized spacial score (nSPS) is 21.1. The Hall–Kier alpha value is -0.380. The highest BCUT2D eigenvalue weighted by atomic mass is 79.9.